The average Bonchev–Trinajstić information content (AvgIpc) is 2.74. The van der Waals surface area contributed by atoms with Gasteiger partial charge in [0.1, 0.15) is 0 Å². The summed E-state index contributed by atoms with van der Waals surface area (Å²) in [4.78, 5) is 8.86. The number of nitrogens with zero attached hydrogens (tertiary/aromatic N) is 3. The lowest BCUT2D eigenvalue weighted by atomic mass is 10.1. The minimum Gasteiger partial charge on any atom is -0.382 e. The number of unbranched alkanes of at least 4 members (excludes halogenated alkanes) is 1. The van der Waals surface area contributed by atoms with Gasteiger partial charge in [-0.1, -0.05) is 6.07 Å². The van der Waals surface area contributed by atoms with Crippen LogP contribution in [0.1, 0.15) is 25.3 Å². The van der Waals surface area contributed by atoms with Crippen molar-refractivity contribution in [1.82, 2.24) is 10.2 Å². The topological polar surface area (TPSA) is 49.3 Å². The number of benzene rings is 1. The molecule has 0 amide bonds. The maximum atomic E-state index is 13.0. The summed E-state index contributed by atoms with van der Waals surface area (Å²) in [5, 5.41) is 3.32. The minimum absolute atomic E-state index is 0. The average molecular weight is 558 g/mol. The van der Waals surface area contributed by atoms with Crippen LogP contribution in [0.5, 0.6) is 0 Å². The predicted octanol–water partition coefficient (Wildman–Crippen LogP) is 3.85. The van der Waals surface area contributed by atoms with Gasteiger partial charge in [-0.25, -0.2) is 0 Å². The van der Waals surface area contributed by atoms with E-state index in [0.29, 0.717) is 58.2 Å². The summed E-state index contributed by atoms with van der Waals surface area (Å²) < 4.78 is 49.3. The van der Waals surface area contributed by atoms with Gasteiger partial charge in [0.05, 0.1) is 18.8 Å². The molecule has 1 N–H and O–H groups in total. The Morgan fingerprint density at radius 2 is 1.84 bits per heavy atom. The molecule has 1 aliphatic rings. The van der Waals surface area contributed by atoms with E-state index in [2.05, 4.69) is 10.2 Å². The second-order valence-electron chi connectivity index (χ2n) is 7.07. The van der Waals surface area contributed by atoms with Crippen LogP contribution < -0.4 is 10.2 Å². The number of nitrogens with one attached hydrogen (secondary N) is 1. The first-order valence-electron chi connectivity index (χ1n) is 10.5. The molecule has 1 aromatic rings. The van der Waals surface area contributed by atoms with Crippen LogP contribution in [-0.4, -0.2) is 77.1 Å². The molecule has 1 aliphatic heterocycles. The Labute approximate surface area is 200 Å². The Balaban J connectivity index is 0.00000480. The molecule has 0 aliphatic carbocycles. The van der Waals surface area contributed by atoms with Crippen molar-refractivity contribution in [2.24, 2.45) is 4.99 Å². The van der Waals surface area contributed by atoms with E-state index in [-0.39, 0.29) is 24.0 Å². The molecule has 1 aromatic carbocycles. The standard InChI is InChI=1S/C21H33F3N4O2.HI/c1-3-25-20(26-9-4-5-14-30-16-15-29-2)28-12-10-27(11-13-28)19-8-6-7-18(17-19)21(22,23)24;/h6-8,17H,3-5,9-16H2,1-2H3,(H,25,26);1H. The van der Waals surface area contributed by atoms with Gasteiger partial charge in [0, 0.05) is 58.7 Å². The predicted molar refractivity (Wildman–Crippen MR) is 129 cm³/mol. The van der Waals surface area contributed by atoms with E-state index in [0.717, 1.165) is 31.4 Å². The highest BCUT2D eigenvalue weighted by Crippen LogP contribution is 2.31. The fourth-order valence-electron chi connectivity index (χ4n) is 3.23. The van der Waals surface area contributed by atoms with Gasteiger partial charge in [0.2, 0.25) is 0 Å². The zero-order valence-corrected chi connectivity index (χ0v) is 20.6. The third-order valence-corrected chi connectivity index (χ3v) is 4.84. The van der Waals surface area contributed by atoms with E-state index in [9.17, 15) is 13.2 Å². The maximum Gasteiger partial charge on any atom is 0.416 e. The van der Waals surface area contributed by atoms with Gasteiger partial charge in [-0.3, -0.25) is 4.99 Å². The Morgan fingerprint density at radius 1 is 1.10 bits per heavy atom. The first kappa shape index (κ1) is 27.8. The maximum absolute atomic E-state index is 13.0. The molecule has 0 radical (unpaired) electrons. The molecule has 178 valence electrons. The third kappa shape index (κ3) is 9.82. The van der Waals surface area contributed by atoms with E-state index in [1.165, 1.54) is 12.1 Å². The van der Waals surface area contributed by atoms with Crippen molar-refractivity contribution in [1.29, 1.82) is 0 Å². The van der Waals surface area contributed by atoms with Gasteiger partial charge < -0.3 is 24.6 Å². The van der Waals surface area contributed by atoms with Crippen LogP contribution in [0.3, 0.4) is 0 Å². The summed E-state index contributed by atoms with van der Waals surface area (Å²) in [5.41, 5.74) is 0.00316. The zero-order valence-electron chi connectivity index (χ0n) is 18.3. The summed E-state index contributed by atoms with van der Waals surface area (Å²) in [6.07, 6.45) is -2.44. The molecule has 0 saturated carbocycles. The lowest BCUT2D eigenvalue weighted by Crippen LogP contribution is -2.52. The Morgan fingerprint density at radius 3 is 2.48 bits per heavy atom. The number of halogens is 4. The van der Waals surface area contributed by atoms with Crippen molar-refractivity contribution in [3.05, 3.63) is 29.8 Å². The van der Waals surface area contributed by atoms with Gasteiger partial charge >= 0.3 is 6.18 Å². The first-order valence-corrected chi connectivity index (χ1v) is 10.5. The van der Waals surface area contributed by atoms with Crippen LogP contribution in [0.2, 0.25) is 0 Å². The van der Waals surface area contributed by atoms with E-state index >= 15 is 0 Å². The highest BCUT2D eigenvalue weighted by Gasteiger charge is 2.31. The van der Waals surface area contributed by atoms with Crippen molar-refractivity contribution in [2.75, 3.05) is 71.1 Å². The number of methoxy groups -OCH3 is 1. The SMILES string of the molecule is CCNC(=NCCCCOCCOC)N1CCN(c2cccc(C(F)(F)F)c2)CC1.I. The van der Waals surface area contributed by atoms with Crippen LogP contribution in [0.4, 0.5) is 18.9 Å². The number of hydrogen-bond acceptors (Lipinski definition) is 4. The Bertz CT molecular complexity index is 654. The largest absolute Gasteiger partial charge is 0.416 e. The summed E-state index contributed by atoms with van der Waals surface area (Å²) in [6, 6.07) is 5.54. The molecule has 1 fully saturated rings. The summed E-state index contributed by atoms with van der Waals surface area (Å²) in [7, 11) is 1.65. The molecular formula is C21H34F3IN4O2. The first-order chi connectivity index (χ1) is 14.5. The Kier molecular flexibility index (Phi) is 13.2. The van der Waals surface area contributed by atoms with Crippen LogP contribution in [0.25, 0.3) is 0 Å². The van der Waals surface area contributed by atoms with Gasteiger partial charge in [0.25, 0.3) is 0 Å². The third-order valence-electron chi connectivity index (χ3n) is 4.84. The fourth-order valence-corrected chi connectivity index (χ4v) is 3.23. The normalized spacial score (nSPS) is 15.1. The lowest BCUT2D eigenvalue weighted by molar-refractivity contribution is -0.137. The molecule has 0 bridgehead atoms. The summed E-state index contributed by atoms with van der Waals surface area (Å²) in [5.74, 6) is 0.862. The molecule has 2 rings (SSSR count). The molecular weight excluding hydrogens is 524 g/mol. The van der Waals surface area contributed by atoms with Crippen LogP contribution in [-0.2, 0) is 15.7 Å². The Hall–Kier alpha value is -1.27. The van der Waals surface area contributed by atoms with Gasteiger partial charge in [-0.2, -0.15) is 13.2 Å². The molecule has 1 saturated heterocycles. The van der Waals surface area contributed by atoms with E-state index in [1.807, 2.05) is 11.8 Å². The van der Waals surface area contributed by atoms with Crippen LogP contribution >= 0.6 is 24.0 Å². The van der Waals surface area contributed by atoms with Crippen molar-refractivity contribution in [3.8, 4) is 0 Å². The second-order valence-corrected chi connectivity index (χ2v) is 7.07. The molecule has 10 heteroatoms. The van der Waals surface area contributed by atoms with Gasteiger partial charge in [0.15, 0.2) is 5.96 Å². The number of piperazine rings is 1. The number of anilines is 1. The lowest BCUT2D eigenvalue weighted by Gasteiger charge is -2.38. The van der Waals surface area contributed by atoms with E-state index in [1.54, 1.807) is 13.2 Å². The molecule has 31 heavy (non-hydrogen) atoms. The van der Waals surface area contributed by atoms with E-state index in [4.69, 9.17) is 14.5 Å². The van der Waals surface area contributed by atoms with Gasteiger partial charge in [-0.15, -0.1) is 24.0 Å². The highest BCUT2D eigenvalue weighted by molar-refractivity contribution is 14.0. The summed E-state index contributed by atoms with van der Waals surface area (Å²) >= 11 is 0. The van der Waals surface area contributed by atoms with E-state index < -0.39 is 11.7 Å². The number of guanidine groups is 1. The second kappa shape index (κ2) is 14.7. The molecule has 0 spiro atoms. The zero-order chi connectivity index (χ0) is 21.8. The van der Waals surface area contributed by atoms with Crippen molar-refractivity contribution >= 4 is 35.6 Å². The number of hydrogen-bond donors (Lipinski definition) is 1. The number of aliphatic imine (C=N–C) groups is 1. The monoisotopic (exact) mass is 558 g/mol. The summed E-state index contributed by atoms with van der Waals surface area (Å²) in [6.45, 7) is 8.15. The van der Waals surface area contributed by atoms with Crippen LogP contribution in [0, 0.1) is 0 Å². The quantitative estimate of drug-likeness (QED) is 0.205. The smallest absolute Gasteiger partial charge is 0.382 e. The van der Waals surface area contributed by atoms with Gasteiger partial charge in [-0.05, 0) is 38.0 Å². The molecule has 1 heterocycles. The number of alkyl halides is 3. The fraction of sp³-hybridized carbons (Fsp3) is 0.667. The molecule has 6 nitrogen and oxygen atoms in total. The van der Waals surface area contributed by atoms with Crippen LogP contribution in [0.15, 0.2) is 29.3 Å². The molecule has 0 aromatic heterocycles. The highest BCUT2D eigenvalue weighted by atomic mass is 127. The minimum atomic E-state index is -4.32. The number of ether oxygens (including phenoxy) is 2. The molecule has 0 atom stereocenters. The van der Waals surface area contributed by atoms with Crippen molar-refractivity contribution in [2.45, 2.75) is 25.9 Å². The van der Waals surface area contributed by atoms with Crippen molar-refractivity contribution < 1.29 is 22.6 Å². The number of rotatable bonds is 10. The van der Waals surface area contributed by atoms with Crippen molar-refractivity contribution in [3.63, 3.8) is 0 Å². The molecule has 0 unspecified atom stereocenters.